The van der Waals surface area contributed by atoms with E-state index in [-0.39, 0.29) is 11.2 Å². The fourth-order valence-electron chi connectivity index (χ4n) is 3.37. The zero-order chi connectivity index (χ0) is 14.0. The highest BCUT2D eigenvalue weighted by molar-refractivity contribution is 6.33. The first-order valence-electron chi connectivity index (χ1n) is 6.82. The summed E-state index contributed by atoms with van der Waals surface area (Å²) >= 11 is 6.48. The second kappa shape index (κ2) is 5.59. The van der Waals surface area contributed by atoms with Gasteiger partial charge in [0.15, 0.2) is 11.5 Å². The van der Waals surface area contributed by atoms with Crippen molar-refractivity contribution in [1.82, 2.24) is 0 Å². The van der Waals surface area contributed by atoms with Crippen LogP contribution in [0.2, 0.25) is 5.02 Å². The van der Waals surface area contributed by atoms with Crippen molar-refractivity contribution in [2.45, 2.75) is 44.4 Å². The Morgan fingerprint density at radius 1 is 1.37 bits per heavy atom. The molecule has 1 saturated carbocycles. The number of rotatable bonds is 3. The number of halogens is 1. The van der Waals surface area contributed by atoms with E-state index in [1.807, 2.05) is 6.92 Å². The second-order valence-electron chi connectivity index (χ2n) is 5.48. The number of phenolic OH excluding ortho intramolecular Hbond substituents is 1. The fraction of sp³-hybridized carbons (Fsp3) is 0.600. The lowest BCUT2D eigenvalue weighted by Gasteiger charge is -2.38. The maximum absolute atomic E-state index is 9.91. The van der Waals surface area contributed by atoms with Gasteiger partial charge in [0.25, 0.3) is 0 Å². The molecule has 0 radical (unpaired) electrons. The summed E-state index contributed by atoms with van der Waals surface area (Å²) in [6, 6.07) is 1.73. The minimum Gasteiger partial charge on any atom is -0.504 e. The molecule has 1 aromatic rings. The Morgan fingerprint density at radius 3 is 2.53 bits per heavy atom. The average Bonchev–Trinajstić information content (AvgIpc) is 2.39. The molecule has 0 aromatic heterocycles. The van der Waals surface area contributed by atoms with Crippen LogP contribution in [0.25, 0.3) is 0 Å². The standard InChI is InChI=1S/C15H22ClNO2/c1-10-8-11(18)14(19-2)13(16)12(10)15(9-17)6-4-3-5-7-15/h8,18H,3-7,9,17H2,1-2H3. The van der Waals surface area contributed by atoms with E-state index in [1.165, 1.54) is 26.4 Å². The van der Waals surface area contributed by atoms with Crippen molar-refractivity contribution < 1.29 is 9.84 Å². The lowest BCUT2D eigenvalue weighted by atomic mass is 9.68. The van der Waals surface area contributed by atoms with Crippen LogP contribution in [-0.4, -0.2) is 18.8 Å². The van der Waals surface area contributed by atoms with E-state index in [9.17, 15) is 5.11 Å². The third-order valence-corrected chi connectivity index (χ3v) is 4.70. The van der Waals surface area contributed by atoms with Gasteiger partial charge in [0.1, 0.15) is 0 Å². The number of hydrogen-bond donors (Lipinski definition) is 2. The van der Waals surface area contributed by atoms with Crippen molar-refractivity contribution in [3.05, 3.63) is 22.2 Å². The Bertz CT molecular complexity index is 468. The van der Waals surface area contributed by atoms with E-state index in [4.69, 9.17) is 22.1 Å². The SMILES string of the molecule is COc1c(O)cc(C)c(C2(CN)CCCCC2)c1Cl. The summed E-state index contributed by atoms with van der Waals surface area (Å²) in [5.74, 6) is 0.456. The summed E-state index contributed by atoms with van der Waals surface area (Å²) in [6.07, 6.45) is 5.72. The first-order valence-corrected chi connectivity index (χ1v) is 7.20. The van der Waals surface area contributed by atoms with Crippen LogP contribution in [0.4, 0.5) is 0 Å². The molecule has 3 N–H and O–H groups in total. The number of aryl methyl sites for hydroxylation is 1. The molecule has 2 rings (SSSR count). The molecular weight excluding hydrogens is 262 g/mol. The number of phenols is 1. The van der Waals surface area contributed by atoms with Gasteiger partial charge in [-0.2, -0.15) is 0 Å². The van der Waals surface area contributed by atoms with Crippen molar-refractivity contribution in [1.29, 1.82) is 0 Å². The summed E-state index contributed by atoms with van der Waals surface area (Å²) < 4.78 is 5.23. The summed E-state index contributed by atoms with van der Waals surface area (Å²) in [5, 5.41) is 10.4. The minimum absolute atomic E-state index is 0.0691. The van der Waals surface area contributed by atoms with Crippen LogP contribution in [0.3, 0.4) is 0 Å². The summed E-state index contributed by atoms with van der Waals surface area (Å²) in [5.41, 5.74) is 8.06. The summed E-state index contributed by atoms with van der Waals surface area (Å²) in [7, 11) is 1.52. The molecule has 0 amide bonds. The van der Waals surface area contributed by atoms with Gasteiger partial charge >= 0.3 is 0 Å². The summed E-state index contributed by atoms with van der Waals surface area (Å²) in [4.78, 5) is 0. The molecule has 1 aromatic carbocycles. The number of hydrogen-bond acceptors (Lipinski definition) is 3. The van der Waals surface area contributed by atoms with Crippen LogP contribution in [0.15, 0.2) is 6.07 Å². The molecule has 1 aliphatic rings. The molecule has 1 aliphatic carbocycles. The molecule has 0 spiro atoms. The highest BCUT2D eigenvalue weighted by Crippen LogP contribution is 2.48. The lowest BCUT2D eigenvalue weighted by molar-refractivity contribution is 0.297. The molecule has 0 aliphatic heterocycles. The third kappa shape index (κ3) is 2.41. The van der Waals surface area contributed by atoms with Gasteiger partial charge in [-0.15, -0.1) is 0 Å². The summed E-state index contributed by atoms with van der Waals surface area (Å²) in [6.45, 7) is 2.56. The molecular formula is C15H22ClNO2. The van der Waals surface area contributed by atoms with Gasteiger partial charge < -0.3 is 15.6 Å². The largest absolute Gasteiger partial charge is 0.504 e. The zero-order valence-corrected chi connectivity index (χ0v) is 12.4. The predicted octanol–water partition coefficient (Wildman–Crippen LogP) is 3.52. The lowest BCUT2D eigenvalue weighted by Crippen LogP contribution is -2.38. The number of benzene rings is 1. The monoisotopic (exact) mass is 283 g/mol. The van der Waals surface area contributed by atoms with Crippen LogP contribution < -0.4 is 10.5 Å². The third-order valence-electron chi connectivity index (χ3n) is 4.33. The highest BCUT2D eigenvalue weighted by atomic mass is 35.5. The molecule has 1 fully saturated rings. The minimum atomic E-state index is -0.0691. The van der Waals surface area contributed by atoms with Crippen molar-refractivity contribution in [3.8, 4) is 11.5 Å². The number of ether oxygens (including phenoxy) is 1. The van der Waals surface area contributed by atoms with Crippen molar-refractivity contribution in [2.24, 2.45) is 5.73 Å². The van der Waals surface area contributed by atoms with E-state index in [0.717, 1.165) is 24.0 Å². The maximum Gasteiger partial charge on any atom is 0.179 e. The molecule has 0 bridgehead atoms. The number of methoxy groups -OCH3 is 1. The fourth-order valence-corrected chi connectivity index (χ4v) is 3.90. The first kappa shape index (κ1) is 14.5. The predicted molar refractivity (Wildman–Crippen MR) is 78.2 cm³/mol. The zero-order valence-electron chi connectivity index (χ0n) is 11.6. The Hall–Kier alpha value is -0.930. The Morgan fingerprint density at radius 2 is 2.00 bits per heavy atom. The van der Waals surface area contributed by atoms with Gasteiger partial charge in [-0.1, -0.05) is 30.9 Å². The second-order valence-corrected chi connectivity index (χ2v) is 5.86. The van der Waals surface area contributed by atoms with Crippen LogP contribution in [-0.2, 0) is 5.41 Å². The van der Waals surface area contributed by atoms with Gasteiger partial charge in [-0.05, 0) is 37.0 Å². The molecule has 0 unspecified atom stereocenters. The van der Waals surface area contributed by atoms with Crippen LogP contribution in [0, 0.1) is 6.92 Å². The Kier molecular flexibility index (Phi) is 4.26. The van der Waals surface area contributed by atoms with Gasteiger partial charge in [-0.3, -0.25) is 0 Å². The number of aromatic hydroxyl groups is 1. The van der Waals surface area contributed by atoms with Gasteiger partial charge in [0.2, 0.25) is 0 Å². The van der Waals surface area contributed by atoms with Crippen molar-refractivity contribution >= 4 is 11.6 Å². The van der Waals surface area contributed by atoms with Crippen molar-refractivity contribution in [3.63, 3.8) is 0 Å². The topological polar surface area (TPSA) is 55.5 Å². The van der Waals surface area contributed by atoms with E-state index in [2.05, 4.69) is 0 Å². The molecule has 19 heavy (non-hydrogen) atoms. The van der Waals surface area contributed by atoms with E-state index in [1.54, 1.807) is 6.07 Å². The molecule has 3 nitrogen and oxygen atoms in total. The van der Waals surface area contributed by atoms with Gasteiger partial charge in [0.05, 0.1) is 12.1 Å². The van der Waals surface area contributed by atoms with E-state index >= 15 is 0 Å². The molecule has 4 heteroatoms. The number of nitrogens with two attached hydrogens (primary N) is 1. The van der Waals surface area contributed by atoms with Crippen LogP contribution in [0.5, 0.6) is 11.5 Å². The maximum atomic E-state index is 9.91. The Balaban J connectivity index is 2.59. The average molecular weight is 284 g/mol. The van der Waals surface area contributed by atoms with E-state index < -0.39 is 0 Å². The highest BCUT2D eigenvalue weighted by Gasteiger charge is 2.37. The van der Waals surface area contributed by atoms with E-state index in [0.29, 0.717) is 17.3 Å². The van der Waals surface area contributed by atoms with Crippen LogP contribution in [0.1, 0.15) is 43.2 Å². The van der Waals surface area contributed by atoms with Crippen molar-refractivity contribution in [2.75, 3.05) is 13.7 Å². The van der Waals surface area contributed by atoms with Crippen LogP contribution >= 0.6 is 11.6 Å². The smallest absolute Gasteiger partial charge is 0.179 e. The Labute approximate surface area is 119 Å². The first-order chi connectivity index (χ1) is 9.05. The molecule has 0 saturated heterocycles. The van der Waals surface area contributed by atoms with Gasteiger partial charge in [-0.25, -0.2) is 0 Å². The van der Waals surface area contributed by atoms with Gasteiger partial charge in [0, 0.05) is 12.0 Å². The normalized spacial score (nSPS) is 18.3. The molecule has 0 atom stereocenters. The molecule has 106 valence electrons. The quantitative estimate of drug-likeness (QED) is 0.892. The molecule has 0 heterocycles.